The van der Waals surface area contributed by atoms with Crippen LogP contribution in [0.15, 0.2) is 0 Å². The molecule has 0 spiro atoms. The smallest absolute Gasteiger partial charge is 0.223 e. The van der Waals surface area contributed by atoms with Crippen LogP contribution in [0.3, 0.4) is 0 Å². The fourth-order valence-corrected chi connectivity index (χ4v) is 2.23. The SMILES string of the molecule is COC1CCCN(C(=O)CC2CNC2)C1. The average Bonchev–Trinajstić information content (AvgIpc) is 2.23. The molecule has 1 amide bonds. The highest BCUT2D eigenvalue weighted by atomic mass is 16.5. The predicted octanol–water partition coefficient (Wildman–Crippen LogP) is 0.233. The molecule has 2 aliphatic heterocycles. The largest absolute Gasteiger partial charge is 0.380 e. The van der Waals surface area contributed by atoms with Crippen molar-refractivity contribution in [1.29, 1.82) is 0 Å². The van der Waals surface area contributed by atoms with Gasteiger partial charge in [-0.05, 0) is 31.8 Å². The first-order chi connectivity index (χ1) is 7.29. The van der Waals surface area contributed by atoms with Crippen LogP contribution in [0.25, 0.3) is 0 Å². The molecule has 0 aliphatic carbocycles. The highest BCUT2D eigenvalue weighted by molar-refractivity contribution is 5.76. The minimum absolute atomic E-state index is 0.252. The lowest BCUT2D eigenvalue weighted by Crippen LogP contribution is -2.48. The maximum absolute atomic E-state index is 11.9. The van der Waals surface area contributed by atoms with Crippen molar-refractivity contribution in [1.82, 2.24) is 10.2 Å². The Bertz CT molecular complexity index is 229. The lowest BCUT2D eigenvalue weighted by atomic mass is 9.98. The number of nitrogens with zero attached hydrogens (tertiary/aromatic N) is 1. The molecule has 0 aromatic rings. The summed E-state index contributed by atoms with van der Waals surface area (Å²) in [7, 11) is 1.73. The van der Waals surface area contributed by atoms with Crippen molar-refractivity contribution < 1.29 is 9.53 Å². The number of rotatable bonds is 3. The van der Waals surface area contributed by atoms with E-state index in [1.165, 1.54) is 0 Å². The molecule has 0 radical (unpaired) electrons. The Morgan fingerprint density at radius 1 is 1.53 bits per heavy atom. The van der Waals surface area contributed by atoms with Crippen LogP contribution < -0.4 is 5.32 Å². The number of piperidine rings is 1. The van der Waals surface area contributed by atoms with Crippen LogP contribution >= 0.6 is 0 Å². The van der Waals surface area contributed by atoms with Crippen LogP contribution in [0, 0.1) is 5.92 Å². The second-order valence-electron chi connectivity index (χ2n) is 4.57. The van der Waals surface area contributed by atoms with Gasteiger partial charge in [-0.1, -0.05) is 0 Å². The van der Waals surface area contributed by atoms with Gasteiger partial charge in [-0.3, -0.25) is 4.79 Å². The molecule has 86 valence electrons. The molecular formula is C11H20N2O2. The van der Waals surface area contributed by atoms with Crippen molar-refractivity contribution in [3.8, 4) is 0 Å². The third-order valence-corrected chi connectivity index (χ3v) is 3.39. The predicted molar refractivity (Wildman–Crippen MR) is 57.6 cm³/mol. The topological polar surface area (TPSA) is 41.6 Å². The van der Waals surface area contributed by atoms with Crippen molar-refractivity contribution in [3.05, 3.63) is 0 Å². The fraction of sp³-hybridized carbons (Fsp3) is 0.909. The maximum Gasteiger partial charge on any atom is 0.223 e. The number of hydrogen-bond donors (Lipinski definition) is 1. The first-order valence-electron chi connectivity index (χ1n) is 5.81. The van der Waals surface area contributed by atoms with Crippen LogP contribution in [0.4, 0.5) is 0 Å². The molecule has 1 atom stereocenters. The van der Waals surface area contributed by atoms with Gasteiger partial charge < -0.3 is 15.0 Å². The molecule has 0 aromatic carbocycles. The highest BCUT2D eigenvalue weighted by Gasteiger charge is 2.27. The van der Waals surface area contributed by atoms with Gasteiger partial charge >= 0.3 is 0 Å². The Labute approximate surface area is 91.0 Å². The molecule has 2 aliphatic rings. The van der Waals surface area contributed by atoms with Crippen LogP contribution in [0.2, 0.25) is 0 Å². The first kappa shape index (κ1) is 10.9. The summed E-state index contributed by atoms with van der Waals surface area (Å²) in [5.41, 5.74) is 0. The molecule has 0 aromatic heterocycles. The van der Waals surface area contributed by atoms with Crippen LogP contribution in [-0.4, -0.2) is 50.2 Å². The van der Waals surface area contributed by atoms with Crippen molar-refractivity contribution in [2.45, 2.75) is 25.4 Å². The lowest BCUT2D eigenvalue weighted by molar-refractivity contribution is -0.136. The third kappa shape index (κ3) is 2.69. The number of amides is 1. The molecule has 2 fully saturated rings. The van der Waals surface area contributed by atoms with Gasteiger partial charge in [0.2, 0.25) is 5.91 Å². The van der Waals surface area contributed by atoms with Gasteiger partial charge in [-0.2, -0.15) is 0 Å². The van der Waals surface area contributed by atoms with Crippen molar-refractivity contribution >= 4 is 5.91 Å². The zero-order valence-electron chi connectivity index (χ0n) is 9.37. The number of carbonyl (C=O) groups excluding carboxylic acids is 1. The van der Waals surface area contributed by atoms with Crippen molar-refractivity contribution in [3.63, 3.8) is 0 Å². The average molecular weight is 212 g/mol. The number of hydrogen-bond acceptors (Lipinski definition) is 3. The Hall–Kier alpha value is -0.610. The first-order valence-corrected chi connectivity index (χ1v) is 5.81. The second kappa shape index (κ2) is 4.94. The zero-order chi connectivity index (χ0) is 10.7. The van der Waals surface area contributed by atoms with Crippen molar-refractivity contribution in [2.24, 2.45) is 5.92 Å². The summed E-state index contributed by atoms with van der Waals surface area (Å²) < 4.78 is 5.31. The molecule has 0 bridgehead atoms. The monoisotopic (exact) mass is 212 g/mol. The molecule has 2 rings (SSSR count). The molecule has 1 unspecified atom stereocenters. The van der Waals surface area contributed by atoms with E-state index in [4.69, 9.17) is 4.74 Å². The standard InChI is InChI=1S/C11H20N2O2/c1-15-10-3-2-4-13(8-10)11(14)5-9-6-12-7-9/h9-10,12H,2-8H2,1H3. The number of carbonyl (C=O) groups is 1. The summed E-state index contributed by atoms with van der Waals surface area (Å²) in [5, 5.41) is 3.19. The van der Waals surface area contributed by atoms with Gasteiger partial charge in [0.15, 0.2) is 0 Å². The van der Waals surface area contributed by atoms with E-state index < -0.39 is 0 Å². The molecule has 2 heterocycles. The summed E-state index contributed by atoms with van der Waals surface area (Å²) in [6.45, 7) is 3.72. The van der Waals surface area contributed by atoms with Gasteiger partial charge in [0, 0.05) is 26.6 Å². The lowest BCUT2D eigenvalue weighted by Gasteiger charge is -2.34. The van der Waals surface area contributed by atoms with E-state index in [9.17, 15) is 4.79 Å². The van der Waals surface area contributed by atoms with E-state index in [0.29, 0.717) is 18.2 Å². The minimum Gasteiger partial charge on any atom is -0.380 e. The third-order valence-electron chi connectivity index (χ3n) is 3.39. The molecule has 15 heavy (non-hydrogen) atoms. The van der Waals surface area contributed by atoms with E-state index in [2.05, 4.69) is 5.32 Å². The molecule has 4 heteroatoms. The Morgan fingerprint density at radius 3 is 2.93 bits per heavy atom. The number of methoxy groups -OCH3 is 1. The summed E-state index contributed by atoms with van der Waals surface area (Å²) in [6.07, 6.45) is 3.13. The normalized spacial score (nSPS) is 27.5. The fourth-order valence-electron chi connectivity index (χ4n) is 2.23. The second-order valence-corrected chi connectivity index (χ2v) is 4.57. The Kier molecular flexibility index (Phi) is 3.59. The van der Waals surface area contributed by atoms with Crippen LogP contribution in [0.5, 0.6) is 0 Å². The van der Waals surface area contributed by atoms with Gasteiger partial charge in [0.25, 0.3) is 0 Å². The number of nitrogens with one attached hydrogen (secondary N) is 1. The van der Waals surface area contributed by atoms with E-state index in [0.717, 1.165) is 39.0 Å². The summed E-state index contributed by atoms with van der Waals surface area (Å²) in [4.78, 5) is 13.9. The Morgan fingerprint density at radius 2 is 2.33 bits per heavy atom. The van der Waals surface area contributed by atoms with Gasteiger partial charge in [-0.25, -0.2) is 0 Å². The quantitative estimate of drug-likeness (QED) is 0.728. The minimum atomic E-state index is 0.252. The number of ether oxygens (including phenoxy) is 1. The summed E-state index contributed by atoms with van der Waals surface area (Å²) in [5.74, 6) is 0.878. The van der Waals surface area contributed by atoms with Crippen LogP contribution in [-0.2, 0) is 9.53 Å². The molecule has 1 N–H and O–H groups in total. The molecule has 4 nitrogen and oxygen atoms in total. The van der Waals surface area contributed by atoms with Gasteiger partial charge in [-0.15, -0.1) is 0 Å². The van der Waals surface area contributed by atoms with E-state index in [-0.39, 0.29) is 6.10 Å². The summed E-state index contributed by atoms with van der Waals surface area (Å²) >= 11 is 0. The maximum atomic E-state index is 11.9. The van der Waals surface area contributed by atoms with Gasteiger partial charge in [0.05, 0.1) is 6.10 Å². The molecule has 2 saturated heterocycles. The summed E-state index contributed by atoms with van der Waals surface area (Å²) in [6, 6.07) is 0. The van der Waals surface area contributed by atoms with Gasteiger partial charge in [0.1, 0.15) is 0 Å². The highest BCUT2D eigenvalue weighted by Crippen LogP contribution is 2.16. The van der Waals surface area contributed by atoms with E-state index in [1.54, 1.807) is 7.11 Å². The molecular weight excluding hydrogens is 192 g/mol. The molecule has 0 saturated carbocycles. The van der Waals surface area contributed by atoms with Crippen molar-refractivity contribution in [2.75, 3.05) is 33.3 Å². The number of likely N-dealkylation sites (tertiary alicyclic amines) is 1. The zero-order valence-corrected chi connectivity index (χ0v) is 9.37. The Balaban J connectivity index is 1.78. The van der Waals surface area contributed by atoms with E-state index >= 15 is 0 Å². The van der Waals surface area contributed by atoms with Crippen LogP contribution in [0.1, 0.15) is 19.3 Å². The van der Waals surface area contributed by atoms with E-state index in [1.807, 2.05) is 4.90 Å².